The molecule has 48 heavy (non-hydrogen) atoms. The van der Waals surface area contributed by atoms with Crippen molar-refractivity contribution in [1.29, 1.82) is 0 Å². The zero-order valence-corrected chi connectivity index (χ0v) is 28.2. The predicted molar refractivity (Wildman–Crippen MR) is 185 cm³/mol. The third kappa shape index (κ3) is 8.52. The lowest BCUT2D eigenvalue weighted by Crippen LogP contribution is -2.54. The van der Waals surface area contributed by atoms with Crippen LogP contribution in [0.1, 0.15) is 36.8 Å². The van der Waals surface area contributed by atoms with Crippen LogP contribution in [0.5, 0.6) is 0 Å². The van der Waals surface area contributed by atoms with Crippen molar-refractivity contribution in [1.82, 2.24) is 10.2 Å². The Hall–Kier alpha value is -4.45. The molecule has 0 heterocycles. The van der Waals surface area contributed by atoms with Crippen LogP contribution in [0, 0.1) is 10.1 Å². The molecule has 10 nitrogen and oxygen atoms in total. The molecule has 0 bridgehead atoms. The summed E-state index contributed by atoms with van der Waals surface area (Å²) in [7, 11) is -4.35. The summed E-state index contributed by atoms with van der Waals surface area (Å²) in [6.07, 6.45) is 3.79. The second-order valence-corrected chi connectivity index (χ2v) is 14.2. The van der Waals surface area contributed by atoms with Crippen LogP contribution in [0.15, 0.2) is 108 Å². The largest absolute Gasteiger partial charge is 0.352 e. The van der Waals surface area contributed by atoms with E-state index in [-0.39, 0.29) is 46.2 Å². The number of sulfonamides is 1. The molecule has 0 saturated heterocycles. The van der Waals surface area contributed by atoms with E-state index in [1.165, 1.54) is 41.3 Å². The molecule has 1 N–H and O–H groups in total. The molecule has 1 aliphatic carbocycles. The lowest BCUT2D eigenvalue weighted by Gasteiger charge is -2.34. The Balaban J connectivity index is 1.58. The van der Waals surface area contributed by atoms with E-state index < -0.39 is 33.4 Å². The van der Waals surface area contributed by atoms with Gasteiger partial charge in [0.1, 0.15) is 12.6 Å². The van der Waals surface area contributed by atoms with Gasteiger partial charge in [-0.25, -0.2) is 8.42 Å². The first-order chi connectivity index (χ1) is 23.0. The molecular weight excluding hydrogens is 675 g/mol. The summed E-state index contributed by atoms with van der Waals surface area (Å²) >= 11 is 12.5. The highest BCUT2D eigenvalue weighted by Crippen LogP contribution is 2.28. The number of rotatable bonds is 13. The fourth-order valence-corrected chi connectivity index (χ4v) is 7.50. The van der Waals surface area contributed by atoms with Crippen LogP contribution in [0.4, 0.5) is 11.4 Å². The summed E-state index contributed by atoms with van der Waals surface area (Å²) in [6.45, 7) is -0.775. The fraction of sp³-hybridized carbons (Fsp3) is 0.257. The number of hydrogen-bond donors (Lipinski definition) is 1. The molecule has 4 aromatic carbocycles. The minimum atomic E-state index is -4.35. The Morgan fingerprint density at radius 2 is 1.48 bits per heavy atom. The third-order valence-electron chi connectivity index (χ3n) is 8.27. The van der Waals surface area contributed by atoms with Gasteiger partial charge in [-0.1, -0.05) is 90.6 Å². The smallest absolute Gasteiger partial charge is 0.269 e. The van der Waals surface area contributed by atoms with E-state index >= 15 is 0 Å². The van der Waals surface area contributed by atoms with Crippen LogP contribution < -0.4 is 9.62 Å². The summed E-state index contributed by atoms with van der Waals surface area (Å²) < 4.78 is 29.1. The number of benzene rings is 4. The number of nitrogens with zero attached hydrogens (tertiary/aromatic N) is 3. The summed E-state index contributed by atoms with van der Waals surface area (Å²) in [5.41, 5.74) is 1.19. The molecule has 5 rings (SSSR count). The van der Waals surface area contributed by atoms with Crippen molar-refractivity contribution in [2.45, 2.75) is 55.6 Å². The van der Waals surface area contributed by atoms with E-state index in [9.17, 15) is 28.1 Å². The predicted octanol–water partition coefficient (Wildman–Crippen LogP) is 6.80. The van der Waals surface area contributed by atoms with E-state index in [4.69, 9.17) is 23.2 Å². The zero-order chi connectivity index (χ0) is 34.3. The SMILES string of the molecule is O=C(NC1CCCC1)C(Cc1ccccc1)N(Cc1ccc(Cl)c(Cl)c1)C(=O)CN(c1ccc([N+](=O)[O-])cc1)S(=O)(=O)c1ccccc1. The van der Waals surface area contributed by atoms with Crippen molar-refractivity contribution in [2.24, 2.45) is 0 Å². The number of halogens is 2. The van der Waals surface area contributed by atoms with E-state index in [1.54, 1.807) is 36.4 Å². The van der Waals surface area contributed by atoms with Crippen LogP contribution in [-0.2, 0) is 32.6 Å². The van der Waals surface area contributed by atoms with Gasteiger partial charge in [0.25, 0.3) is 15.7 Å². The van der Waals surface area contributed by atoms with Crippen molar-refractivity contribution in [3.05, 3.63) is 134 Å². The highest BCUT2D eigenvalue weighted by molar-refractivity contribution is 7.92. The van der Waals surface area contributed by atoms with Gasteiger partial charge in [0, 0.05) is 31.1 Å². The van der Waals surface area contributed by atoms with Crippen LogP contribution in [0.3, 0.4) is 0 Å². The lowest BCUT2D eigenvalue weighted by atomic mass is 10.0. The van der Waals surface area contributed by atoms with E-state index in [0.717, 1.165) is 35.6 Å². The average Bonchev–Trinajstić information content (AvgIpc) is 3.60. The molecule has 250 valence electrons. The highest BCUT2D eigenvalue weighted by atomic mass is 35.5. The number of anilines is 1. The van der Waals surface area contributed by atoms with Gasteiger partial charge in [-0.05, 0) is 60.4 Å². The Labute approximate surface area is 289 Å². The molecule has 13 heteroatoms. The topological polar surface area (TPSA) is 130 Å². The highest BCUT2D eigenvalue weighted by Gasteiger charge is 2.35. The van der Waals surface area contributed by atoms with Crippen molar-refractivity contribution in [3.63, 3.8) is 0 Å². The molecule has 2 amide bonds. The Morgan fingerprint density at radius 3 is 2.08 bits per heavy atom. The maximum atomic E-state index is 14.6. The van der Waals surface area contributed by atoms with Gasteiger partial charge in [0.15, 0.2) is 0 Å². The average molecular weight is 710 g/mol. The quantitative estimate of drug-likeness (QED) is 0.120. The summed E-state index contributed by atoms with van der Waals surface area (Å²) in [5, 5.41) is 15.1. The minimum absolute atomic E-state index is 0.0345. The maximum Gasteiger partial charge on any atom is 0.269 e. The number of amides is 2. The van der Waals surface area contributed by atoms with Crippen molar-refractivity contribution in [2.75, 3.05) is 10.8 Å². The molecular formula is C35H34Cl2N4O6S. The molecule has 1 unspecified atom stereocenters. The van der Waals surface area contributed by atoms with Crippen molar-refractivity contribution in [3.8, 4) is 0 Å². The van der Waals surface area contributed by atoms with Gasteiger partial charge in [-0.15, -0.1) is 0 Å². The summed E-state index contributed by atoms with van der Waals surface area (Å²) in [5.74, 6) is -1.02. The molecule has 4 aromatic rings. The number of hydrogen-bond acceptors (Lipinski definition) is 6. The number of carbonyl (C=O) groups excluding carboxylic acids is 2. The van der Waals surface area contributed by atoms with Crippen LogP contribution >= 0.6 is 23.2 Å². The summed E-state index contributed by atoms with van der Waals surface area (Å²) in [6, 6.07) is 25.6. The zero-order valence-electron chi connectivity index (χ0n) is 25.9. The second-order valence-electron chi connectivity index (χ2n) is 11.6. The van der Waals surface area contributed by atoms with E-state index in [1.807, 2.05) is 30.3 Å². The monoisotopic (exact) mass is 708 g/mol. The number of nitro groups is 1. The number of carbonyl (C=O) groups is 2. The van der Waals surface area contributed by atoms with Crippen molar-refractivity contribution < 1.29 is 22.9 Å². The fourth-order valence-electron chi connectivity index (χ4n) is 5.75. The molecule has 0 aromatic heterocycles. The lowest BCUT2D eigenvalue weighted by molar-refractivity contribution is -0.384. The van der Waals surface area contributed by atoms with Gasteiger partial charge >= 0.3 is 0 Å². The third-order valence-corrected chi connectivity index (χ3v) is 10.8. The van der Waals surface area contributed by atoms with Crippen molar-refractivity contribution >= 4 is 56.4 Å². The standard InChI is InChI=1S/C35H34Cl2N4O6S/c36-31-20-15-26(21-32(31)37)23-39(33(22-25-9-3-1-4-10-25)35(43)38-27-11-7-8-12-27)34(42)24-40(28-16-18-29(19-17-28)41(44)45)48(46,47)30-13-5-2-6-14-30/h1-6,9-10,13-21,27,33H,7-8,11-12,22-24H2,(H,38,43). The van der Waals surface area contributed by atoms with Gasteiger partial charge in [0.2, 0.25) is 11.8 Å². The molecule has 0 radical (unpaired) electrons. The Bertz CT molecular complexity index is 1860. The first-order valence-electron chi connectivity index (χ1n) is 15.4. The Morgan fingerprint density at radius 1 is 0.854 bits per heavy atom. The maximum absolute atomic E-state index is 14.6. The van der Waals surface area contributed by atoms with Gasteiger partial charge in [0.05, 0.1) is 25.6 Å². The molecule has 1 saturated carbocycles. The molecule has 0 spiro atoms. The van der Waals surface area contributed by atoms with Crippen LogP contribution in [0.25, 0.3) is 0 Å². The molecule has 1 aliphatic rings. The van der Waals surface area contributed by atoms with Gasteiger partial charge in [-0.3, -0.25) is 24.0 Å². The first kappa shape index (κ1) is 34.9. The molecule has 1 fully saturated rings. The van der Waals surface area contributed by atoms with E-state index in [2.05, 4.69) is 5.32 Å². The van der Waals surface area contributed by atoms with Crippen LogP contribution in [0.2, 0.25) is 10.0 Å². The number of nitro benzene ring substituents is 1. The van der Waals surface area contributed by atoms with Crippen LogP contribution in [-0.4, -0.2) is 48.7 Å². The second kappa shape index (κ2) is 15.6. The summed E-state index contributed by atoms with van der Waals surface area (Å²) in [4.78, 5) is 40.7. The van der Waals surface area contributed by atoms with E-state index in [0.29, 0.717) is 10.6 Å². The Kier molecular flexibility index (Phi) is 11.4. The minimum Gasteiger partial charge on any atom is -0.352 e. The normalized spacial score (nSPS) is 13.9. The van der Waals surface area contributed by atoms with Gasteiger partial charge in [-0.2, -0.15) is 0 Å². The number of non-ortho nitro benzene ring substituents is 1. The molecule has 1 atom stereocenters. The number of nitrogens with one attached hydrogen (secondary N) is 1. The molecule has 0 aliphatic heterocycles. The van der Waals surface area contributed by atoms with Gasteiger partial charge < -0.3 is 10.2 Å². The first-order valence-corrected chi connectivity index (χ1v) is 17.6.